The van der Waals surface area contributed by atoms with Gasteiger partial charge in [0.2, 0.25) is 5.91 Å². The zero-order chi connectivity index (χ0) is 20.9. The van der Waals surface area contributed by atoms with Gasteiger partial charge in [0, 0.05) is 12.5 Å². The molecule has 0 bridgehead atoms. The molecule has 4 rings (SSSR count). The number of fused-ring (bicyclic) bond motifs is 1. The Morgan fingerprint density at radius 3 is 2.50 bits per heavy atom. The van der Waals surface area contributed by atoms with Crippen molar-refractivity contribution in [3.8, 4) is 0 Å². The molecule has 2 heterocycles. The van der Waals surface area contributed by atoms with E-state index >= 15 is 0 Å². The summed E-state index contributed by atoms with van der Waals surface area (Å²) < 4.78 is 1.22. The lowest BCUT2D eigenvalue weighted by molar-refractivity contribution is -0.126. The smallest absolute Gasteiger partial charge is 0.321 e. The van der Waals surface area contributed by atoms with Crippen LogP contribution in [0.25, 0.3) is 10.2 Å². The average Bonchev–Trinajstić information content (AvgIpc) is 3.19. The highest BCUT2D eigenvalue weighted by Gasteiger charge is 2.33. The highest BCUT2D eigenvalue weighted by atomic mass is 32.1. The van der Waals surface area contributed by atoms with Crippen molar-refractivity contribution in [1.29, 1.82) is 0 Å². The number of amides is 3. The molecule has 30 heavy (non-hydrogen) atoms. The van der Waals surface area contributed by atoms with Crippen LogP contribution in [0.2, 0.25) is 0 Å². The molecule has 1 atom stereocenters. The molecule has 1 fully saturated rings. The quantitative estimate of drug-likeness (QED) is 0.650. The third-order valence-electron chi connectivity index (χ3n) is 5.49. The van der Waals surface area contributed by atoms with E-state index in [1.165, 1.54) is 9.71 Å². The number of rotatable bonds is 5. The second-order valence-corrected chi connectivity index (χ2v) is 8.55. The number of thiazole rings is 1. The van der Waals surface area contributed by atoms with E-state index < -0.39 is 12.1 Å². The van der Waals surface area contributed by atoms with Crippen LogP contribution in [0.5, 0.6) is 0 Å². The molecule has 2 N–H and O–H groups in total. The number of carbonyl (C=O) groups is 2. The number of nitrogens with one attached hydrogen (secondary N) is 2. The maximum Gasteiger partial charge on any atom is 0.321 e. The highest BCUT2D eigenvalue weighted by molar-refractivity contribution is 7.18. The summed E-state index contributed by atoms with van der Waals surface area (Å²) in [5, 5.41) is 6.31. The molecule has 0 radical (unpaired) electrons. The first-order valence-corrected chi connectivity index (χ1v) is 11.2. The number of imide groups is 1. The van der Waals surface area contributed by atoms with E-state index in [1.54, 1.807) is 11.3 Å². The zero-order valence-corrected chi connectivity index (χ0v) is 17.8. The van der Waals surface area contributed by atoms with Crippen LogP contribution >= 0.6 is 11.3 Å². The Kier molecular flexibility index (Phi) is 6.40. The van der Waals surface area contributed by atoms with Gasteiger partial charge in [-0.25, -0.2) is 9.78 Å². The Labute approximate surface area is 180 Å². The molecule has 1 aromatic heterocycles. The fourth-order valence-corrected chi connectivity index (χ4v) is 5.15. The van der Waals surface area contributed by atoms with E-state index in [0.29, 0.717) is 12.5 Å². The van der Waals surface area contributed by atoms with Gasteiger partial charge in [-0.3, -0.25) is 15.0 Å². The Morgan fingerprint density at radius 2 is 1.80 bits per heavy atom. The van der Waals surface area contributed by atoms with E-state index in [1.807, 2.05) is 49.4 Å². The van der Waals surface area contributed by atoms with Gasteiger partial charge in [0.25, 0.3) is 0 Å². The van der Waals surface area contributed by atoms with Crippen molar-refractivity contribution >= 4 is 33.5 Å². The van der Waals surface area contributed by atoms with Crippen LogP contribution in [-0.4, -0.2) is 41.5 Å². The first kappa shape index (κ1) is 20.5. The molecule has 6 nitrogen and oxygen atoms in total. The van der Waals surface area contributed by atoms with E-state index in [0.717, 1.165) is 37.0 Å². The lowest BCUT2D eigenvalue weighted by Crippen LogP contribution is -2.48. The molecule has 0 spiro atoms. The summed E-state index contributed by atoms with van der Waals surface area (Å²) in [7, 11) is 0. The van der Waals surface area contributed by atoms with Gasteiger partial charge in [-0.1, -0.05) is 42.5 Å². The lowest BCUT2D eigenvalue weighted by atomic mass is 9.94. The van der Waals surface area contributed by atoms with E-state index in [4.69, 9.17) is 4.98 Å². The van der Waals surface area contributed by atoms with Gasteiger partial charge in [-0.15, -0.1) is 11.3 Å². The molecule has 2 aromatic carbocycles. The van der Waals surface area contributed by atoms with Gasteiger partial charge in [0.15, 0.2) is 0 Å². The molecule has 7 heteroatoms. The minimum Gasteiger partial charge on any atom is -0.338 e. The highest BCUT2D eigenvalue weighted by Crippen LogP contribution is 2.36. The summed E-state index contributed by atoms with van der Waals surface area (Å²) in [5.41, 5.74) is 1.96. The summed E-state index contributed by atoms with van der Waals surface area (Å²) in [5.74, 6) is 0.118. The second kappa shape index (κ2) is 9.36. The fourth-order valence-electron chi connectivity index (χ4n) is 4.02. The largest absolute Gasteiger partial charge is 0.338 e. The maximum absolute atomic E-state index is 13.0. The Hall–Kier alpha value is -2.77. The van der Waals surface area contributed by atoms with Crippen LogP contribution < -0.4 is 10.6 Å². The van der Waals surface area contributed by atoms with Crippen molar-refractivity contribution in [3.63, 3.8) is 0 Å². The van der Waals surface area contributed by atoms with Crippen molar-refractivity contribution in [1.82, 2.24) is 20.5 Å². The Bertz CT molecular complexity index is 979. The van der Waals surface area contributed by atoms with E-state index in [-0.39, 0.29) is 5.91 Å². The third kappa shape index (κ3) is 4.52. The fraction of sp³-hybridized carbons (Fsp3) is 0.348. The van der Waals surface area contributed by atoms with Crippen LogP contribution in [-0.2, 0) is 4.79 Å². The number of hydrogen-bond acceptors (Lipinski definition) is 5. The predicted molar refractivity (Wildman–Crippen MR) is 120 cm³/mol. The van der Waals surface area contributed by atoms with Crippen LogP contribution in [0.4, 0.5) is 4.79 Å². The lowest BCUT2D eigenvalue weighted by Gasteiger charge is -2.36. The Balaban J connectivity index is 1.48. The molecule has 3 amide bonds. The number of hydrogen-bond donors (Lipinski definition) is 2. The number of piperidine rings is 1. The molecule has 156 valence electrons. The average molecular weight is 423 g/mol. The summed E-state index contributed by atoms with van der Waals surface area (Å²) >= 11 is 1.77. The predicted octanol–water partition coefficient (Wildman–Crippen LogP) is 4.06. The number of aromatic nitrogens is 1. The first-order valence-electron chi connectivity index (χ1n) is 10.4. The summed E-state index contributed by atoms with van der Waals surface area (Å²) in [4.78, 5) is 31.9. The van der Waals surface area contributed by atoms with Gasteiger partial charge in [0.1, 0.15) is 6.04 Å². The molecule has 1 saturated heterocycles. The monoisotopic (exact) mass is 422 g/mol. The van der Waals surface area contributed by atoms with Gasteiger partial charge in [-0.05, 0) is 50.6 Å². The molecule has 1 aliphatic heterocycles. The normalized spacial score (nSPS) is 16.3. The second-order valence-electron chi connectivity index (χ2n) is 7.49. The SMILES string of the molecule is CCNC(=O)NC(=O)[C@H](c1ccccc1)N1CCC(c2nc3ccccc3s2)CC1. The number of urea groups is 1. The van der Waals surface area contributed by atoms with Gasteiger partial charge in [-0.2, -0.15) is 0 Å². The molecular weight excluding hydrogens is 396 g/mol. The van der Waals surface area contributed by atoms with Crippen molar-refractivity contribution < 1.29 is 9.59 Å². The molecule has 3 aromatic rings. The van der Waals surface area contributed by atoms with E-state index in [2.05, 4.69) is 27.7 Å². The first-order chi connectivity index (χ1) is 14.7. The third-order valence-corrected chi connectivity index (χ3v) is 6.69. The van der Waals surface area contributed by atoms with Crippen LogP contribution in [0.1, 0.15) is 42.3 Å². The minimum absolute atomic E-state index is 0.286. The number of nitrogens with zero attached hydrogens (tertiary/aromatic N) is 2. The van der Waals surface area contributed by atoms with Crippen LogP contribution in [0.3, 0.4) is 0 Å². The summed E-state index contributed by atoms with van der Waals surface area (Å²) in [6, 6.07) is 17.0. The molecule has 0 saturated carbocycles. The number of carbonyl (C=O) groups excluding carboxylic acids is 2. The van der Waals surface area contributed by atoms with Crippen molar-refractivity contribution in [2.75, 3.05) is 19.6 Å². The van der Waals surface area contributed by atoms with Crippen molar-refractivity contribution in [2.45, 2.75) is 31.7 Å². The van der Waals surface area contributed by atoms with Crippen LogP contribution in [0, 0.1) is 0 Å². The Morgan fingerprint density at radius 1 is 1.10 bits per heavy atom. The van der Waals surface area contributed by atoms with Crippen LogP contribution in [0.15, 0.2) is 54.6 Å². The number of para-hydroxylation sites is 1. The van der Waals surface area contributed by atoms with Gasteiger partial charge >= 0.3 is 6.03 Å². The van der Waals surface area contributed by atoms with Crippen molar-refractivity contribution in [3.05, 3.63) is 65.2 Å². The summed E-state index contributed by atoms with van der Waals surface area (Å²) in [6.07, 6.45) is 1.88. The zero-order valence-electron chi connectivity index (χ0n) is 17.0. The maximum atomic E-state index is 13.0. The minimum atomic E-state index is -0.481. The molecule has 1 aliphatic rings. The molecule has 0 unspecified atom stereocenters. The van der Waals surface area contributed by atoms with Gasteiger partial charge < -0.3 is 5.32 Å². The number of likely N-dealkylation sites (tertiary alicyclic amines) is 1. The summed E-state index contributed by atoms with van der Waals surface area (Å²) in [6.45, 7) is 3.86. The topological polar surface area (TPSA) is 74.3 Å². The standard InChI is InChI=1S/C23H26N4O2S/c1-2-24-23(29)26-21(28)20(16-8-4-3-5-9-16)27-14-12-17(13-15-27)22-25-18-10-6-7-11-19(18)30-22/h3-11,17,20H,2,12-15H2,1H3,(H2,24,26,28,29)/t20-/m0/s1. The molecule has 0 aliphatic carbocycles. The number of benzene rings is 2. The van der Waals surface area contributed by atoms with E-state index in [9.17, 15) is 9.59 Å². The van der Waals surface area contributed by atoms with Gasteiger partial charge in [0.05, 0.1) is 15.2 Å². The molecular formula is C23H26N4O2S. The van der Waals surface area contributed by atoms with Crippen molar-refractivity contribution in [2.24, 2.45) is 0 Å².